The molecule has 2 aromatic rings. The van der Waals surface area contributed by atoms with Crippen LogP contribution in [0.1, 0.15) is 38.8 Å². The van der Waals surface area contributed by atoms with Crippen LogP contribution in [-0.4, -0.2) is 35.9 Å². The number of nitrogens with one attached hydrogen (secondary N) is 1. The Kier molecular flexibility index (Phi) is 9.85. The Hall–Kier alpha value is -2.05. The van der Waals surface area contributed by atoms with Gasteiger partial charge in [-0.25, -0.2) is 0 Å². The zero-order valence-corrected chi connectivity index (χ0v) is 20.8. The van der Waals surface area contributed by atoms with E-state index >= 15 is 0 Å². The highest BCUT2D eigenvalue weighted by atomic mass is 79.9. The molecule has 2 aromatic carbocycles. The van der Waals surface area contributed by atoms with Gasteiger partial charge >= 0.3 is 0 Å². The van der Waals surface area contributed by atoms with E-state index in [1.807, 2.05) is 50.2 Å². The van der Waals surface area contributed by atoms with Crippen molar-refractivity contribution in [3.05, 3.63) is 63.1 Å². The number of halogens is 2. The van der Waals surface area contributed by atoms with Gasteiger partial charge in [0.2, 0.25) is 5.91 Å². The fraction of sp³-hybridized carbons (Fsp3) is 0.417. The monoisotopic (exact) mass is 508 g/mol. The number of hydrogen-bond acceptors (Lipinski definition) is 3. The van der Waals surface area contributed by atoms with E-state index in [0.29, 0.717) is 23.2 Å². The van der Waals surface area contributed by atoms with E-state index in [0.717, 1.165) is 16.5 Å². The molecule has 0 radical (unpaired) electrons. The van der Waals surface area contributed by atoms with Crippen molar-refractivity contribution in [2.24, 2.45) is 5.92 Å². The van der Waals surface area contributed by atoms with Gasteiger partial charge in [-0.3, -0.25) is 9.59 Å². The Bertz CT molecular complexity index is 904. The maximum absolute atomic E-state index is 13.1. The highest BCUT2D eigenvalue weighted by Gasteiger charge is 2.27. The summed E-state index contributed by atoms with van der Waals surface area (Å²) in [7, 11) is 0. The van der Waals surface area contributed by atoms with E-state index in [4.69, 9.17) is 16.3 Å². The smallest absolute Gasteiger partial charge is 0.261 e. The van der Waals surface area contributed by atoms with Gasteiger partial charge in [-0.05, 0) is 64.5 Å². The Morgan fingerprint density at radius 1 is 1.16 bits per heavy atom. The normalized spacial score (nSPS) is 11.8. The summed E-state index contributed by atoms with van der Waals surface area (Å²) in [4.78, 5) is 27.3. The van der Waals surface area contributed by atoms with Crippen molar-refractivity contribution >= 4 is 39.3 Å². The third kappa shape index (κ3) is 7.54. The van der Waals surface area contributed by atoms with Crippen LogP contribution in [0.4, 0.5) is 0 Å². The average Bonchev–Trinajstić information content (AvgIpc) is 2.75. The molecule has 1 atom stereocenters. The highest BCUT2D eigenvalue weighted by molar-refractivity contribution is 9.10. The molecule has 0 saturated heterocycles. The van der Waals surface area contributed by atoms with Gasteiger partial charge in [0.1, 0.15) is 11.8 Å². The molecule has 0 unspecified atom stereocenters. The van der Waals surface area contributed by atoms with Gasteiger partial charge in [0, 0.05) is 18.1 Å². The minimum absolute atomic E-state index is 0.184. The standard InChI is InChI=1S/C24H30BrClN2O3/c1-5-18-10-11-22(20(25)12-18)31-15-23(29)28(14-19-8-6-7-9-21(19)26)17(4)24(30)27-13-16(2)3/h6-12,16-17H,5,13-15H2,1-4H3,(H,27,30)/t17-/m0/s1. The fourth-order valence-electron chi connectivity index (χ4n) is 2.95. The number of benzene rings is 2. The second-order valence-corrected chi connectivity index (χ2v) is 9.10. The molecule has 0 aliphatic heterocycles. The Morgan fingerprint density at radius 3 is 2.48 bits per heavy atom. The zero-order valence-electron chi connectivity index (χ0n) is 18.5. The second kappa shape index (κ2) is 12.1. The molecular weight excluding hydrogens is 480 g/mol. The number of hydrogen-bond donors (Lipinski definition) is 1. The SMILES string of the molecule is CCc1ccc(OCC(=O)N(Cc2ccccc2Cl)[C@@H](C)C(=O)NCC(C)C)c(Br)c1. The molecule has 31 heavy (non-hydrogen) atoms. The molecule has 2 rings (SSSR count). The topological polar surface area (TPSA) is 58.6 Å². The van der Waals surface area contributed by atoms with Gasteiger partial charge < -0.3 is 15.0 Å². The molecule has 0 heterocycles. The molecular formula is C24H30BrClN2O3. The van der Waals surface area contributed by atoms with E-state index in [-0.39, 0.29) is 25.0 Å². The number of amides is 2. The summed E-state index contributed by atoms with van der Waals surface area (Å²) in [6.07, 6.45) is 0.909. The van der Waals surface area contributed by atoms with Crippen LogP contribution in [0.3, 0.4) is 0 Å². The number of ether oxygens (including phenoxy) is 1. The van der Waals surface area contributed by atoms with E-state index in [1.54, 1.807) is 13.0 Å². The first-order chi connectivity index (χ1) is 14.7. The lowest BCUT2D eigenvalue weighted by atomic mass is 10.1. The molecule has 0 saturated carbocycles. The molecule has 5 nitrogen and oxygen atoms in total. The van der Waals surface area contributed by atoms with E-state index in [9.17, 15) is 9.59 Å². The van der Waals surface area contributed by atoms with Crippen LogP contribution in [-0.2, 0) is 22.6 Å². The summed E-state index contributed by atoms with van der Waals surface area (Å²) >= 11 is 9.80. The predicted molar refractivity (Wildman–Crippen MR) is 128 cm³/mol. The summed E-state index contributed by atoms with van der Waals surface area (Å²) in [6, 6.07) is 12.4. The lowest BCUT2D eigenvalue weighted by Gasteiger charge is -2.29. The summed E-state index contributed by atoms with van der Waals surface area (Å²) in [5, 5.41) is 3.45. The number of aryl methyl sites for hydroxylation is 1. The lowest BCUT2D eigenvalue weighted by Crippen LogP contribution is -2.49. The van der Waals surface area contributed by atoms with Gasteiger partial charge in [-0.1, -0.05) is 56.6 Å². The van der Waals surface area contributed by atoms with Crippen LogP contribution in [0.2, 0.25) is 5.02 Å². The fourth-order valence-corrected chi connectivity index (χ4v) is 3.69. The highest BCUT2D eigenvalue weighted by Crippen LogP contribution is 2.26. The van der Waals surface area contributed by atoms with Gasteiger partial charge in [0.15, 0.2) is 6.61 Å². The zero-order chi connectivity index (χ0) is 23.0. The third-order valence-corrected chi connectivity index (χ3v) is 5.89. The first-order valence-electron chi connectivity index (χ1n) is 10.4. The molecule has 1 N–H and O–H groups in total. The van der Waals surface area contributed by atoms with Crippen LogP contribution < -0.4 is 10.1 Å². The Labute approximate surface area is 198 Å². The van der Waals surface area contributed by atoms with E-state index < -0.39 is 6.04 Å². The third-order valence-electron chi connectivity index (χ3n) is 4.91. The van der Waals surface area contributed by atoms with Gasteiger partial charge in [-0.2, -0.15) is 0 Å². The number of carbonyl (C=O) groups is 2. The van der Waals surface area contributed by atoms with Crippen molar-refractivity contribution in [2.45, 2.75) is 46.7 Å². The molecule has 0 spiro atoms. The summed E-state index contributed by atoms with van der Waals surface area (Å²) in [5.74, 6) is 0.400. The molecule has 0 fully saturated rings. The van der Waals surface area contributed by atoms with Crippen molar-refractivity contribution in [3.63, 3.8) is 0 Å². The van der Waals surface area contributed by atoms with Crippen LogP contribution in [0.5, 0.6) is 5.75 Å². The summed E-state index contributed by atoms with van der Waals surface area (Å²) in [6.45, 7) is 8.41. The van der Waals surface area contributed by atoms with Crippen molar-refractivity contribution in [3.8, 4) is 5.75 Å². The molecule has 0 aliphatic carbocycles. The first-order valence-corrected chi connectivity index (χ1v) is 11.6. The van der Waals surface area contributed by atoms with Crippen molar-refractivity contribution in [1.82, 2.24) is 10.2 Å². The van der Waals surface area contributed by atoms with Crippen LogP contribution in [0, 0.1) is 5.92 Å². The number of rotatable bonds is 10. The molecule has 0 aliphatic rings. The molecule has 168 valence electrons. The number of nitrogens with zero attached hydrogens (tertiary/aromatic N) is 1. The molecule has 2 amide bonds. The maximum atomic E-state index is 13.1. The van der Waals surface area contributed by atoms with Crippen LogP contribution in [0.15, 0.2) is 46.9 Å². The largest absolute Gasteiger partial charge is 0.483 e. The summed E-state index contributed by atoms with van der Waals surface area (Å²) < 4.78 is 6.56. The van der Waals surface area contributed by atoms with Crippen LogP contribution >= 0.6 is 27.5 Å². The molecule has 0 aromatic heterocycles. The quantitative estimate of drug-likeness (QED) is 0.477. The number of carbonyl (C=O) groups excluding carboxylic acids is 2. The van der Waals surface area contributed by atoms with E-state index in [2.05, 4.69) is 28.2 Å². The average molecular weight is 510 g/mol. The minimum Gasteiger partial charge on any atom is -0.483 e. The minimum atomic E-state index is -0.669. The van der Waals surface area contributed by atoms with Gasteiger partial charge in [0.05, 0.1) is 4.47 Å². The Morgan fingerprint density at radius 2 is 1.87 bits per heavy atom. The second-order valence-electron chi connectivity index (χ2n) is 7.84. The van der Waals surface area contributed by atoms with Gasteiger partial charge in [-0.15, -0.1) is 0 Å². The maximum Gasteiger partial charge on any atom is 0.261 e. The molecule has 0 bridgehead atoms. The lowest BCUT2D eigenvalue weighted by molar-refractivity contribution is -0.142. The van der Waals surface area contributed by atoms with Gasteiger partial charge in [0.25, 0.3) is 5.91 Å². The molecule has 7 heteroatoms. The van der Waals surface area contributed by atoms with Crippen molar-refractivity contribution < 1.29 is 14.3 Å². The predicted octanol–water partition coefficient (Wildman–Crippen LogP) is 5.23. The first kappa shape index (κ1) is 25.2. The van der Waals surface area contributed by atoms with E-state index in [1.165, 1.54) is 10.5 Å². The van der Waals surface area contributed by atoms with Crippen molar-refractivity contribution in [2.75, 3.05) is 13.2 Å². The summed E-state index contributed by atoms with van der Waals surface area (Å²) in [5.41, 5.74) is 1.94. The van der Waals surface area contributed by atoms with Crippen molar-refractivity contribution in [1.29, 1.82) is 0 Å². The Balaban J connectivity index is 2.17. The van der Waals surface area contributed by atoms with Crippen LogP contribution in [0.25, 0.3) is 0 Å².